The predicted octanol–water partition coefficient (Wildman–Crippen LogP) is 6.03. The predicted molar refractivity (Wildman–Crippen MR) is 103 cm³/mol. The summed E-state index contributed by atoms with van der Waals surface area (Å²) in [7, 11) is 0. The quantitative estimate of drug-likeness (QED) is 0.651. The summed E-state index contributed by atoms with van der Waals surface area (Å²) in [5.74, 6) is 7.57. The molecule has 0 spiro atoms. The lowest BCUT2D eigenvalue weighted by Gasteiger charge is -2.37. The van der Waals surface area contributed by atoms with Gasteiger partial charge in [-0.2, -0.15) is 0 Å². The Kier molecular flexibility index (Phi) is 5.02. The van der Waals surface area contributed by atoms with Gasteiger partial charge in [0.05, 0.1) is 0 Å². The summed E-state index contributed by atoms with van der Waals surface area (Å²) in [4.78, 5) is 0. The van der Waals surface area contributed by atoms with Gasteiger partial charge in [-0.1, -0.05) is 38.5 Å². The highest BCUT2D eigenvalue weighted by Crippen LogP contribution is 2.58. The Bertz CT molecular complexity index is 392. The molecule has 1 N–H and O–H groups in total. The van der Waals surface area contributed by atoms with Crippen molar-refractivity contribution >= 4 is 0 Å². The molecule has 4 rings (SSSR count). The van der Waals surface area contributed by atoms with E-state index in [1.54, 1.807) is 44.9 Å². The fourth-order valence-electron chi connectivity index (χ4n) is 7.39. The van der Waals surface area contributed by atoms with Crippen molar-refractivity contribution in [3.05, 3.63) is 0 Å². The molecule has 1 nitrogen and oxygen atoms in total. The van der Waals surface area contributed by atoms with Crippen molar-refractivity contribution in [1.29, 1.82) is 0 Å². The summed E-state index contributed by atoms with van der Waals surface area (Å²) in [6, 6.07) is 0. The van der Waals surface area contributed by atoms with Gasteiger partial charge in [0.15, 0.2) is 0 Å². The van der Waals surface area contributed by atoms with Gasteiger partial charge in [0.25, 0.3) is 0 Å². The van der Waals surface area contributed by atoms with Gasteiger partial charge in [0.1, 0.15) is 0 Å². The molecule has 4 aliphatic carbocycles. The van der Waals surface area contributed by atoms with Crippen LogP contribution in [0.25, 0.3) is 0 Å². The lowest BCUT2D eigenvalue weighted by atomic mass is 9.68. The Morgan fingerprint density at radius 3 is 1.67 bits per heavy atom. The van der Waals surface area contributed by atoms with E-state index in [0.29, 0.717) is 0 Å². The topological polar surface area (TPSA) is 12.0 Å². The van der Waals surface area contributed by atoms with Crippen molar-refractivity contribution < 1.29 is 0 Å². The van der Waals surface area contributed by atoms with Crippen molar-refractivity contribution in [2.45, 2.75) is 96.9 Å². The Hall–Kier alpha value is -0.0400. The first-order chi connectivity index (χ1) is 11.5. The van der Waals surface area contributed by atoms with Gasteiger partial charge in [-0.05, 0) is 101 Å². The molecule has 0 aliphatic heterocycles. The Morgan fingerprint density at radius 1 is 0.667 bits per heavy atom. The molecule has 0 bridgehead atoms. The summed E-state index contributed by atoms with van der Waals surface area (Å²) in [6.07, 6.45) is 17.1. The average molecular weight is 332 g/mol. The van der Waals surface area contributed by atoms with Crippen LogP contribution < -0.4 is 5.32 Å². The van der Waals surface area contributed by atoms with Gasteiger partial charge in [-0.25, -0.2) is 0 Å². The number of fused-ring (bicyclic) bond motifs is 5. The molecule has 0 amide bonds. The van der Waals surface area contributed by atoms with Crippen molar-refractivity contribution in [2.75, 3.05) is 6.54 Å². The third kappa shape index (κ3) is 3.57. The smallest absolute Gasteiger partial charge is 0.00966 e. The maximum absolute atomic E-state index is 3.83. The van der Waals surface area contributed by atoms with Crippen LogP contribution in [0.1, 0.15) is 91.4 Å². The van der Waals surface area contributed by atoms with E-state index >= 15 is 0 Å². The summed E-state index contributed by atoms with van der Waals surface area (Å²) < 4.78 is 0. The van der Waals surface area contributed by atoms with E-state index in [2.05, 4.69) is 26.1 Å². The molecule has 4 saturated carbocycles. The van der Waals surface area contributed by atoms with E-state index in [-0.39, 0.29) is 5.54 Å². The average Bonchev–Trinajstić information content (AvgIpc) is 2.92. The normalized spacial score (nSPS) is 45.9. The Labute approximate surface area is 150 Å². The van der Waals surface area contributed by atoms with E-state index in [1.807, 2.05) is 0 Å². The fourth-order valence-corrected chi connectivity index (χ4v) is 7.39. The summed E-state index contributed by atoms with van der Waals surface area (Å²) in [5.41, 5.74) is 0.283. The highest BCUT2D eigenvalue weighted by Gasteiger charge is 2.50. The molecule has 0 saturated heterocycles. The maximum Gasteiger partial charge on any atom is 0.00966 e. The molecule has 138 valence electrons. The number of hydrogen-bond donors (Lipinski definition) is 1. The van der Waals surface area contributed by atoms with E-state index in [1.165, 1.54) is 32.2 Å². The Morgan fingerprint density at radius 2 is 1.17 bits per heavy atom. The molecule has 1 heteroatoms. The first-order valence-electron chi connectivity index (χ1n) is 11.3. The second-order valence-corrected chi connectivity index (χ2v) is 10.9. The zero-order valence-electron chi connectivity index (χ0n) is 16.5. The second-order valence-electron chi connectivity index (χ2n) is 10.9. The Balaban J connectivity index is 1.51. The number of hydrogen-bond acceptors (Lipinski definition) is 1. The molecular formula is C23H41N. The van der Waals surface area contributed by atoms with E-state index in [0.717, 1.165) is 41.4 Å². The largest absolute Gasteiger partial charge is 0.312 e. The van der Waals surface area contributed by atoms with Gasteiger partial charge >= 0.3 is 0 Å². The van der Waals surface area contributed by atoms with Crippen molar-refractivity contribution in [2.24, 2.45) is 41.4 Å². The van der Waals surface area contributed by atoms with Gasteiger partial charge in [-0.3, -0.25) is 0 Å². The van der Waals surface area contributed by atoms with Crippen LogP contribution in [0.5, 0.6) is 0 Å². The molecule has 0 radical (unpaired) electrons. The van der Waals surface area contributed by atoms with E-state index in [4.69, 9.17) is 0 Å². The highest BCUT2D eigenvalue weighted by atomic mass is 14.9. The van der Waals surface area contributed by atoms with Crippen LogP contribution in [0.15, 0.2) is 0 Å². The first kappa shape index (κ1) is 17.4. The zero-order valence-corrected chi connectivity index (χ0v) is 16.5. The molecule has 24 heavy (non-hydrogen) atoms. The van der Waals surface area contributed by atoms with Gasteiger partial charge in [0.2, 0.25) is 0 Å². The molecule has 0 aromatic carbocycles. The van der Waals surface area contributed by atoms with Crippen molar-refractivity contribution in [1.82, 2.24) is 5.32 Å². The van der Waals surface area contributed by atoms with Crippen molar-refractivity contribution in [3.63, 3.8) is 0 Å². The maximum atomic E-state index is 3.83. The molecule has 6 atom stereocenters. The highest BCUT2D eigenvalue weighted by molar-refractivity contribution is 5.00. The zero-order chi connectivity index (χ0) is 16.7. The third-order valence-corrected chi connectivity index (χ3v) is 8.32. The van der Waals surface area contributed by atoms with Crippen LogP contribution in [-0.2, 0) is 0 Å². The first-order valence-corrected chi connectivity index (χ1v) is 11.3. The molecule has 6 unspecified atom stereocenters. The monoisotopic (exact) mass is 331 g/mol. The van der Waals surface area contributed by atoms with Gasteiger partial charge in [-0.15, -0.1) is 0 Å². The SMILES string of the molecule is CC(C)(C)NCC1CC2C3CCCCC3CC3CCCCC3C2C1. The van der Waals surface area contributed by atoms with Crippen LogP contribution in [0.2, 0.25) is 0 Å². The molecule has 4 aliphatic rings. The van der Waals surface area contributed by atoms with Crippen LogP contribution in [-0.4, -0.2) is 12.1 Å². The van der Waals surface area contributed by atoms with E-state index < -0.39 is 0 Å². The fraction of sp³-hybridized carbons (Fsp3) is 1.00. The number of nitrogens with one attached hydrogen (secondary N) is 1. The molecular weight excluding hydrogens is 290 g/mol. The van der Waals surface area contributed by atoms with Crippen molar-refractivity contribution in [3.8, 4) is 0 Å². The molecule has 0 aromatic heterocycles. The minimum atomic E-state index is 0.283. The summed E-state index contributed by atoms with van der Waals surface area (Å²) in [5, 5.41) is 3.83. The van der Waals surface area contributed by atoms with Crippen LogP contribution in [0, 0.1) is 41.4 Å². The summed E-state index contributed by atoms with van der Waals surface area (Å²) >= 11 is 0. The minimum Gasteiger partial charge on any atom is -0.312 e. The molecule has 0 heterocycles. The third-order valence-electron chi connectivity index (χ3n) is 8.32. The lowest BCUT2D eigenvalue weighted by molar-refractivity contribution is 0.126. The van der Waals surface area contributed by atoms with Crippen LogP contribution in [0.4, 0.5) is 0 Å². The summed E-state index contributed by atoms with van der Waals surface area (Å²) in [6.45, 7) is 8.25. The minimum absolute atomic E-state index is 0.283. The lowest BCUT2D eigenvalue weighted by Crippen LogP contribution is -2.39. The standard InChI is InChI=1S/C23H41N/c1-23(2,3)24-15-16-12-21-19-10-6-4-8-17(19)14-18-9-5-7-11-20(18)22(21)13-16/h16-22,24H,4-15H2,1-3H3. The van der Waals surface area contributed by atoms with E-state index in [9.17, 15) is 0 Å². The molecule has 4 fully saturated rings. The van der Waals surface area contributed by atoms with Gasteiger partial charge < -0.3 is 5.32 Å². The van der Waals surface area contributed by atoms with Crippen LogP contribution >= 0.6 is 0 Å². The van der Waals surface area contributed by atoms with Crippen LogP contribution in [0.3, 0.4) is 0 Å². The van der Waals surface area contributed by atoms with Gasteiger partial charge in [0, 0.05) is 5.54 Å². The second kappa shape index (κ2) is 6.93. The number of rotatable bonds is 2. The molecule has 0 aromatic rings.